The molecule has 0 spiro atoms. The fourth-order valence-electron chi connectivity index (χ4n) is 2.40. The van der Waals surface area contributed by atoms with E-state index in [-0.39, 0.29) is 0 Å². The Labute approximate surface area is 130 Å². The molecule has 0 fully saturated rings. The van der Waals surface area contributed by atoms with E-state index in [2.05, 4.69) is 47.6 Å². The first-order valence-electron chi connectivity index (χ1n) is 7.32. The smallest absolute Gasteiger partial charge is 0.247 e. The van der Waals surface area contributed by atoms with Crippen molar-refractivity contribution in [1.29, 1.82) is 0 Å². The lowest BCUT2D eigenvalue weighted by Gasteiger charge is -2.07. The molecule has 0 amide bonds. The summed E-state index contributed by atoms with van der Waals surface area (Å²) >= 11 is 0. The van der Waals surface area contributed by atoms with Gasteiger partial charge in [0.25, 0.3) is 0 Å². The zero-order chi connectivity index (χ0) is 15.5. The Morgan fingerprint density at radius 1 is 0.955 bits per heavy atom. The second-order valence-electron chi connectivity index (χ2n) is 5.54. The van der Waals surface area contributed by atoms with Crippen LogP contribution in [0.4, 0.5) is 5.69 Å². The molecule has 1 aromatic heterocycles. The number of nitrogens with one attached hydrogen (secondary N) is 1. The summed E-state index contributed by atoms with van der Waals surface area (Å²) in [6, 6.07) is 14.3. The molecule has 3 rings (SSSR count). The molecule has 112 valence electrons. The normalized spacial score (nSPS) is 10.7. The number of aromatic nitrogens is 2. The van der Waals surface area contributed by atoms with Crippen LogP contribution in [0.5, 0.6) is 0 Å². The quantitative estimate of drug-likeness (QED) is 0.780. The molecule has 0 unspecified atom stereocenters. The van der Waals surface area contributed by atoms with Gasteiger partial charge in [0.2, 0.25) is 11.8 Å². The van der Waals surface area contributed by atoms with Crippen LogP contribution in [-0.2, 0) is 6.54 Å². The highest BCUT2D eigenvalue weighted by molar-refractivity contribution is 5.54. The minimum Gasteiger partial charge on any atom is -0.419 e. The molecule has 0 bridgehead atoms. The van der Waals surface area contributed by atoms with Crippen LogP contribution in [0, 0.1) is 20.8 Å². The van der Waals surface area contributed by atoms with Crippen molar-refractivity contribution < 1.29 is 4.42 Å². The van der Waals surface area contributed by atoms with Gasteiger partial charge in [-0.15, -0.1) is 10.2 Å². The summed E-state index contributed by atoms with van der Waals surface area (Å²) in [7, 11) is 0. The van der Waals surface area contributed by atoms with Crippen LogP contribution >= 0.6 is 0 Å². The highest BCUT2D eigenvalue weighted by atomic mass is 16.4. The third-order valence-electron chi connectivity index (χ3n) is 3.54. The topological polar surface area (TPSA) is 51.0 Å². The lowest BCUT2D eigenvalue weighted by atomic mass is 10.1. The predicted octanol–water partition coefficient (Wildman–Crippen LogP) is 4.27. The van der Waals surface area contributed by atoms with Gasteiger partial charge >= 0.3 is 0 Å². The van der Waals surface area contributed by atoms with Crippen molar-refractivity contribution in [2.45, 2.75) is 27.3 Å². The van der Waals surface area contributed by atoms with Crippen molar-refractivity contribution in [3.05, 3.63) is 65.0 Å². The van der Waals surface area contributed by atoms with Gasteiger partial charge in [0.1, 0.15) is 0 Å². The molecular formula is C18H19N3O. The van der Waals surface area contributed by atoms with Crippen molar-refractivity contribution in [2.24, 2.45) is 0 Å². The molecule has 0 saturated heterocycles. The number of aryl methyl sites for hydroxylation is 3. The van der Waals surface area contributed by atoms with E-state index in [1.807, 2.05) is 31.2 Å². The van der Waals surface area contributed by atoms with Gasteiger partial charge in [-0.1, -0.05) is 35.4 Å². The number of rotatable bonds is 4. The van der Waals surface area contributed by atoms with Crippen LogP contribution in [0.15, 0.2) is 46.9 Å². The van der Waals surface area contributed by atoms with Gasteiger partial charge < -0.3 is 9.73 Å². The third kappa shape index (κ3) is 3.17. The molecule has 2 aromatic carbocycles. The van der Waals surface area contributed by atoms with E-state index in [9.17, 15) is 0 Å². The van der Waals surface area contributed by atoms with Crippen LogP contribution < -0.4 is 5.32 Å². The number of hydrogen-bond acceptors (Lipinski definition) is 4. The fourth-order valence-corrected chi connectivity index (χ4v) is 2.40. The van der Waals surface area contributed by atoms with Gasteiger partial charge in [-0.25, -0.2) is 0 Å². The molecule has 4 heteroatoms. The lowest BCUT2D eigenvalue weighted by molar-refractivity contribution is 0.515. The number of hydrogen-bond donors (Lipinski definition) is 1. The summed E-state index contributed by atoms with van der Waals surface area (Å²) in [4.78, 5) is 0. The Morgan fingerprint density at radius 3 is 2.55 bits per heavy atom. The van der Waals surface area contributed by atoms with Crippen molar-refractivity contribution in [3.8, 4) is 11.5 Å². The van der Waals surface area contributed by atoms with E-state index in [1.165, 1.54) is 16.7 Å². The summed E-state index contributed by atoms with van der Waals surface area (Å²) in [6.07, 6.45) is 0. The monoisotopic (exact) mass is 293 g/mol. The van der Waals surface area contributed by atoms with Gasteiger partial charge in [0, 0.05) is 11.3 Å². The Kier molecular flexibility index (Phi) is 3.92. The molecule has 0 aliphatic rings. The van der Waals surface area contributed by atoms with Crippen LogP contribution in [-0.4, -0.2) is 10.2 Å². The summed E-state index contributed by atoms with van der Waals surface area (Å²) in [5.41, 5.74) is 5.66. The summed E-state index contributed by atoms with van der Waals surface area (Å²) < 4.78 is 5.73. The standard InChI is InChI=1S/C18H19N3O/c1-12-5-4-6-15(10-12)18-21-20-17(22-18)11-19-16-8-7-13(2)9-14(16)3/h4-10,19H,11H2,1-3H3. The van der Waals surface area contributed by atoms with Gasteiger partial charge in [0.05, 0.1) is 6.54 Å². The van der Waals surface area contributed by atoms with Crippen molar-refractivity contribution in [1.82, 2.24) is 10.2 Å². The zero-order valence-electron chi connectivity index (χ0n) is 13.1. The molecule has 1 heterocycles. The SMILES string of the molecule is Cc1cccc(-c2nnc(CNc3ccc(C)cc3C)o2)c1. The van der Waals surface area contributed by atoms with Gasteiger partial charge in [-0.2, -0.15) is 0 Å². The minimum absolute atomic E-state index is 0.517. The maximum atomic E-state index is 5.73. The van der Waals surface area contributed by atoms with Crippen LogP contribution in [0.1, 0.15) is 22.6 Å². The zero-order valence-corrected chi connectivity index (χ0v) is 13.1. The average Bonchev–Trinajstić information content (AvgIpc) is 2.95. The minimum atomic E-state index is 0.517. The predicted molar refractivity (Wildman–Crippen MR) is 87.7 cm³/mol. The first-order valence-corrected chi connectivity index (χ1v) is 7.32. The molecule has 0 radical (unpaired) electrons. The molecular weight excluding hydrogens is 274 g/mol. The molecule has 1 N–H and O–H groups in total. The molecule has 0 aliphatic carbocycles. The van der Waals surface area contributed by atoms with E-state index >= 15 is 0 Å². The highest BCUT2D eigenvalue weighted by Crippen LogP contribution is 2.20. The second kappa shape index (κ2) is 6.02. The lowest BCUT2D eigenvalue weighted by Crippen LogP contribution is -2.01. The summed E-state index contributed by atoms with van der Waals surface area (Å²) in [6.45, 7) is 6.73. The number of anilines is 1. The maximum absolute atomic E-state index is 5.73. The average molecular weight is 293 g/mol. The molecule has 0 saturated carbocycles. The second-order valence-corrected chi connectivity index (χ2v) is 5.54. The van der Waals surface area contributed by atoms with E-state index in [1.54, 1.807) is 0 Å². The van der Waals surface area contributed by atoms with E-state index in [0.29, 0.717) is 18.3 Å². The van der Waals surface area contributed by atoms with Gasteiger partial charge in [0.15, 0.2) is 0 Å². The Morgan fingerprint density at radius 2 is 1.77 bits per heavy atom. The van der Waals surface area contributed by atoms with Crippen molar-refractivity contribution >= 4 is 5.69 Å². The summed E-state index contributed by atoms with van der Waals surface area (Å²) in [5, 5.41) is 11.6. The van der Waals surface area contributed by atoms with Crippen molar-refractivity contribution in [2.75, 3.05) is 5.32 Å². The molecule has 22 heavy (non-hydrogen) atoms. The van der Waals surface area contributed by atoms with Crippen molar-refractivity contribution in [3.63, 3.8) is 0 Å². The maximum Gasteiger partial charge on any atom is 0.247 e. The van der Waals surface area contributed by atoms with Crippen LogP contribution in [0.2, 0.25) is 0 Å². The first-order chi connectivity index (χ1) is 10.6. The molecule has 4 nitrogen and oxygen atoms in total. The van der Waals surface area contributed by atoms with E-state index in [4.69, 9.17) is 4.42 Å². The Hall–Kier alpha value is -2.62. The van der Waals surface area contributed by atoms with Gasteiger partial charge in [-0.05, 0) is 44.5 Å². The highest BCUT2D eigenvalue weighted by Gasteiger charge is 2.09. The van der Waals surface area contributed by atoms with E-state index in [0.717, 1.165) is 11.3 Å². The van der Waals surface area contributed by atoms with Crippen LogP contribution in [0.25, 0.3) is 11.5 Å². The van der Waals surface area contributed by atoms with Crippen LogP contribution in [0.3, 0.4) is 0 Å². The van der Waals surface area contributed by atoms with E-state index < -0.39 is 0 Å². The molecule has 0 atom stereocenters. The number of nitrogens with zero attached hydrogens (tertiary/aromatic N) is 2. The fraction of sp³-hybridized carbons (Fsp3) is 0.222. The third-order valence-corrected chi connectivity index (χ3v) is 3.54. The molecule has 0 aliphatic heterocycles. The largest absolute Gasteiger partial charge is 0.419 e. The first kappa shape index (κ1) is 14.3. The number of benzene rings is 2. The molecule has 3 aromatic rings. The summed E-state index contributed by atoms with van der Waals surface area (Å²) in [5.74, 6) is 1.14. The Balaban J connectivity index is 1.72. The Bertz CT molecular complexity index is 793. The van der Waals surface area contributed by atoms with Gasteiger partial charge in [-0.3, -0.25) is 0 Å².